The summed E-state index contributed by atoms with van der Waals surface area (Å²) >= 11 is 7.75. The summed E-state index contributed by atoms with van der Waals surface area (Å²) in [5.74, 6) is 0.279. The summed E-state index contributed by atoms with van der Waals surface area (Å²) in [6.07, 6.45) is 0.892. The van der Waals surface area contributed by atoms with Crippen LogP contribution in [-0.4, -0.2) is 11.5 Å². The molecule has 0 aliphatic rings. The number of hydrogen-bond donors (Lipinski definition) is 1. The van der Waals surface area contributed by atoms with Gasteiger partial charge >= 0.3 is 0 Å². The molecular formula is C14H17ClN2S. The normalized spacial score (nSPS) is 12.7. The van der Waals surface area contributed by atoms with E-state index in [0.29, 0.717) is 6.54 Å². The SMILES string of the molecule is Cc1nc(C(CN)Cc2cccc(Cl)c2)sc1C. The van der Waals surface area contributed by atoms with Crippen LogP contribution in [0.5, 0.6) is 0 Å². The minimum absolute atomic E-state index is 0.279. The molecule has 0 saturated carbocycles. The van der Waals surface area contributed by atoms with Gasteiger partial charge in [-0.3, -0.25) is 0 Å². The Morgan fingerprint density at radius 3 is 2.72 bits per heavy atom. The highest BCUT2D eigenvalue weighted by atomic mass is 35.5. The van der Waals surface area contributed by atoms with E-state index in [9.17, 15) is 0 Å². The molecule has 96 valence electrons. The molecule has 18 heavy (non-hydrogen) atoms. The predicted molar refractivity (Wildman–Crippen MR) is 78.5 cm³/mol. The average Bonchev–Trinajstić information content (AvgIpc) is 2.66. The van der Waals surface area contributed by atoms with Gasteiger partial charge in [-0.15, -0.1) is 11.3 Å². The van der Waals surface area contributed by atoms with E-state index >= 15 is 0 Å². The lowest BCUT2D eigenvalue weighted by Crippen LogP contribution is -2.14. The number of halogens is 1. The number of rotatable bonds is 4. The van der Waals surface area contributed by atoms with E-state index in [1.165, 1.54) is 10.4 Å². The van der Waals surface area contributed by atoms with Crippen LogP contribution in [-0.2, 0) is 6.42 Å². The Kier molecular flexibility index (Phi) is 4.38. The Morgan fingerprint density at radius 1 is 1.39 bits per heavy atom. The van der Waals surface area contributed by atoms with Gasteiger partial charge in [-0.1, -0.05) is 23.7 Å². The standard InChI is InChI=1S/C14H17ClN2S/c1-9-10(2)18-14(17-9)12(8-16)6-11-4-3-5-13(15)7-11/h3-5,7,12H,6,8,16H2,1-2H3. The third kappa shape index (κ3) is 3.10. The van der Waals surface area contributed by atoms with E-state index < -0.39 is 0 Å². The van der Waals surface area contributed by atoms with Crippen molar-refractivity contribution in [2.75, 3.05) is 6.54 Å². The summed E-state index contributed by atoms with van der Waals surface area (Å²) in [4.78, 5) is 5.88. The lowest BCUT2D eigenvalue weighted by molar-refractivity contribution is 0.687. The van der Waals surface area contributed by atoms with Crippen LogP contribution in [0.3, 0.4) is 0 Å². The topological polar surface area (TPSA) is 38.9 Å². The quantitative estimate of drug-likeness (QED) is 0.927. The van der Waals surface area contributed by atoms with Gasteiger partial charge in [-0.05, 0) is 38.0 Å². The molecule has 1 unspecified atom stereocenters. The lowest BCUT2D eigenvalue weighted by Gasteiger charge is -2.12. The molecule has 2 nitrogen and oxygen atoms in total. The highest BCUT2D eigenvalue weighted by Crippen LogP contribution is 2.27. The van der Waals surface area contributed by atoms with Crippen molar-refractivity contribution in [3.8, 4) is 0 Å². The first-order chi connectivity index (χ1) is 8.60. The second-order valence-electron chi connectivity index (χ2n) is 4.46. The Balaban J connectivity index is 2.19. The van der Waals surface area contributed by atoms with Crippen molar-refractivity contribution >= 4 is 22.9 Å². The van der Waals surface area contributed by atoms with E-state index in [1.54, 1.807) is 11.3 Å². The zero-order chi connectivity index (χ0) is 13.1. The van der Waals surface area contributed by atoms with Crippen LogP contribution >= 0.6 is 22.9 Å². The number of nitrogens with two attached hydrogens (primary N) is 1. The van der Waals surface area contributed by atoms with Gasteiger partial charge in [-0.25, -0.2) is 4.98 Å². The largest absolute Gasteiger partial charge is 0.330 e. The first-order valence-corrected chi connectivity index (χ1v) is 7.18. The van der Waals surface area contributed by atoms with Crippen LogP contribution in [0, 0.1) is 13.8 Å². The van der Waals surface area contributed by atoms with Crippen LogP contribution in [0.15, 0.2) is 24.3 Å². The van der Waals surface area contributed by atoms with Gasteiger partial charge in [0.25, 0.3) is 0 Å². The van der Waals surface area contributed by atoms with E-state index in [4.69, 9.17) is 17.3 Å². The van der Waals surface area contributed by atoms with Crippen molar-refractivity contribution < 1.29 is 0 Å². The van der Waals surface area contributed by atoms with Crippen molar-refractivity contribution in [2.45, 2.75) is 26.2 Å². The second kappa shape index (κ2) is 5.83. The summed E-state index contributed by atoms with van der Waals surface area (Å²) in [5, 5.41) is 1.90. The van der Waals surface area contributed by atoms with Crippen LogP contribution in [0.25, 0.3) is 0 Å². The fourth-order valence-electron chi connectivity index (χ4n) is 1.89. The minimum Gasteiger partial charge on any atom is -0.330 e. The van der Waals surface area contributed by atoms with Crippen molar-refractivity contribution in [1.29, 1.82) is 0 Å². The zero-order valence-corrected chi connectivity index (χ0v) is 12.2. The van der Waals surface area contributed by atoms with E-state index in [0.717, 1.165) is 22.1 Å². The summed E-state index contributed by atoms with van der Waals surface area (Å²) < 4.78 is 0. The fourth-order valence-corrected chi connectivity index (χ4v) is 3.14. The third-order valence-electron chi connectivity index (χ3n) is 3.05. The van der Waals surface area contributed by atoms with Gasteiger partial charge in [0.2, 0.25) is 0 Å². The van der Waals surface area contributed by atoms with Crippen LogP contribution < -0.4 is 5.73 Å². The summed E-state index contributed by atoms with van der Waals surface area (Å²) in [6.45, 7) is 4.75. The number of thiazole rings is 1. The van der Waals surface area contributed by atoms with Crippen LogP contribution in [0.1, 0.15) is 27.1 Å². The molecule has 0 fully saturated rings. The average molecular weight is 281 g/mol. The number of benzene rings is 1. The predicted octanol–water partition coefficient (Wildman–Crippen LogP) is 3.70. The van der Waals surface area contributed by atoms with Crippen molar-refractivity contribution in [2.24, 2.45) is 5.73 Å². The van der Waals surface area contributed by atoms with Gasteiger partial charge in [0.1, 0.15) is 0 Å². The molecule has 0 aliphatic heterocycles. The van der Waals surface area contributed by atoms with Gasteiger partial charge in [0.15, 0.2) is 0 Å². The second-order valence-corrected chi connectivity index (χ2v) is 6.13. The summed E-state index contributed by atoms with van der Waals surface area (Å²) in [7, 11) is 0. The highest BCUT2D eigenvalue weighted by Gasteiger charge is 2.16. The van der Waals surface area contributed by atoms with Crippen LogP contribution in [0.4, 0.5) is 0 Å². The van der Waals surface area contributed by atoms with Gasteiger partial charge < -0.3 is 5.73 Å². The third-order valence-corrected chi connectivity index (χ3v) is 4.52. The molecule has 2 N–H and O–H groups in total. The molecule has 0 amide bonds. The van der Waals surface area contributed by atoms with Gasteiger partial charge in [-0.2, -0.15) is 0 Å². The Hall–Kier alpha value is -0.900. The highest BCUT2D eigenvalue weighted by molar-refractivity contribution is 7.11. The summed E-state index contributed by atoms with van der Waals surface area (Å²) in [5.41, 5.74) is 8.21. The molecule has 1 aromatic heterocycles. The van der Waals surface area contributed by atoms with Crippen molar-refractivity contribution in [3.05, 3.63) is 50.4 Å². The van der Waals surface area contributed by atoms with Crippen molar-refractivity contribution in [1.82, 2.24) is 4.98 Å². The monoisotopic (exact) mass is 280 g/mol. The first-order valence-electron chi connectivity index (χ1n) is 5.98. The van der Waals surface area contributed by atoms with Crippen LogP contribution in [0.2, 0.25) is 5.02 Å². The minimum atomic E-state index is 0.279. The maximum atomic E-state index is 6.00. The molecule has 0 aliphatic carbocycles. The Bertz CT molecular complexity index is 517. The van der Waals surface area contributed by atoms with Gasteiger partial charge in [0, 0.05) is 22.4 Å². The number of aryl methyl sites for hydroxylation is 2. The molecule has 0 spiro atoms. The van der Waals surface area contributed by atoms with E-state index in [1.807, 2.05) is 25.1 Å². The molecule has 1 heterocycles. The van der Waals surface area contributed by atoms with Gasteiger partial charge in [0.05, 0.1) is 10.7 Å². The molecule has 4 heteroatoms. The molecule has 0 radical (unpaired) electrons. The molecule has 2 rings (SSSR count). The zero-order valence-electron chi connectivity index (χ0n) is 10.6. The number of hydrogen-bond acceptors (Lipinski definition) is 3. The maximum Gasteiger partial charge on any atom is 0.0977 e. The number of nitrogens with zero attached hydrogens (tertiary/aromatic N) is 1. The molecule has 2 aromatic rings. The molecule has 0 saturated heterocycles. The summed E-state index contributed by atoms with van der Waals surface area (Å²) in [6, 6.07) is 7.95. The molecular weight excluding hydrogens is 264 g/mol. The fraction of sp³-hybridized carbons (Fsp3) is 0.357. The lowest BCUT2D eigenvalue weighted by atomic mass is 10.00. The first kappa shape index (κ1) is 13.5. The molecule has 1 atom stereocenters. The smallest absolute Gasteiger partial charge is 0.0977 e. The number of aromatic nitrogens is 1. The molecule has 1 aromatic carbocycles. The maximum absolute atomic E-state index is 6.00. The van der Waals surface area contributed by atoms with E-state index in [2.05, 4.69) is 18.0 Å². The Morgan fingerprint density at radius 2 is 2.17 bits per heavy atom. The van der Waals surface area contributed by atoms with Crippen molar-refractivity contribution in [3.63, 3.8) is 0 Å². The van der Waals surface area contributed by atoms with E-state index in [-0.39, 0.29) is 5.92 Å². The Labute approximate surface area is 117 Å². The molecule has 0 bridgehead atoms.